The maximum Gasteiger partial charge on any atom is 0.164 e. The summed E-state index contributed by atoms with van der Waals surface area (Å²) in [5, 5.41) is 26.7. The fraction of sp³-hybridized carbons (Fsp3) is 0.567. The molecule has 0 unspecified atom stereocenters. The van der Waals surface area contributed by atoms with E-state index in [0.29, 0.717) is 26.0 Å². The number of carbonyl (C=O) groups is 1. The largest absolute Gasteiger partial charge is 0.387 e. The SMILES string of the molecule is C[C@H]1OC(C)(C)O[C@@]1(COCc1ccccc1)[C@@H](OCc1ccccc1)[C@H](O)[C@@](O)(C=O)CN1CCNCC1. The van der Waals surface area contributed by atoms with Crippen LogP contribution in [0.1, 0.15) is 31.9 Å². The molecule has 0 aliphatic carbocycles. The van der Waals surface area contributed by atoms with Crippen LogP contribution in [0.15, 0.2) is 60.7 Å². The lowest BCUT2D eigenvalue weighted by atomic mass is 9.81. The van der Waals surface area contributed by atoms with Gasteiger partial charge in [0.1, 0.15) is 17.8 Å². The Bertz CT molecular complexity index is 1030. The quantitative estimate of drug-likeness (QED) is 0.327. The number of ether oxygens (including phenoxy) is 4. The first-order chi connectivity index (χ1) is 18.7. The molecule has 4 rings (SSSR count). The lowest BCUT2D eigenvalue weighted by molar-refractivity contribution is -0.247. The number of aldehydes is 1. The van der Waals surface area contributed by atoms with Crippen molar-refractivity contribution in [3.8, 4) is 0 Å². The average molecular weight is 543 g/mol. The van der Waals surface area contributed by atoms with E-state index in [1.165, 1.54) is 0 Å². The van der Waals surface area contributed by atoms with Crippen molar-refractivity contribution in [2.45, 2.75) is 69.3 Å². The molecule has 9 heteroatoms. The predicted octanol–water partition coefficient (Wildman–Crippen LogP) is 1.89. The van der Waals surface area contributed by atoms with Crippen molar-refractivity contribution in [3.05, 3.63) is 71.8 Å². The Labute approximate surface area is 231 Å². The van der Waals surface area contributed by atoms with Crippen molar-refractivity contribution in [3.63, 3.8) is 0 Å². The number of carbonyl (C=O) groups excluding carboxylic acids is 1. The predicted molar refractivity (Wildman–Crippen MR) is 146 cm³/mol. The van der Waals surface area contributed by atoms with Crippen LogP contribution >= 0.6 is 0 Å². The summed E-state index contributed by atoms with van der Waals surface area (Å²) in [4.78, 5) is 14.4. The van der Waals surface area contributed by atoms with Crippen LogP contribution in [0.3, 0.4) is 0 Å². The zero-order valence-electron chi connectivity index (χ0n) is 23.1. The van der Waals surface area contributed by atoms with Gasteiger partial charge in [0.05, 0.1) is 25.9 Å². The molecule has 2 aliphatic heterocycles. The number of rotatable bonds is 13. The second kappa shape index (κ2) is 13.0. The second-order valence-electron chi connectivity index (χ2n) is 11.0. The minimum atomic E-state index is -2.11. The van der Waals surface area contributed by atoms with Crippen LogP contribution in [-0.4, -0.2) is 96.0 Å². The zero-order chi connectivity index (χ0) is 27.9. The van der Waals surface area contributed by atoms with Gasteiger partial charge >= 0.3 is 0 Å². The van der Waals surface area contributed by atoms with Crippen molar-refractivity contribution in [1.82, 2.24) is 10.2 Å². The smallest absolute Gasteiger partial charge is 0.164 e. The van der Waals surface area contributed by atoms with Gasteiger partial charge in [0.15, 0.2) is 17.7 Å². The van der Waals surface area contributed by atoms with E-state index in [-0.39, 0.29) is 19.8 Å². The summed E-state index contributed by atoms with van der Waals surface area (Å²) in [6, 6.07) is 19.3. The van der Waals surface area contributed by atoms with Gasteiger partial charge in [-0.1, -0.05) is 60.7 Å². The monoisotopic (exact) mass is 542 g/mol. The third-order valence-electron chi connectivity index (χ3n) is 7.47. The lowest BCUT2D eigenvalue weighted by Gasteiger charge is -2.45. The number of hydrogen-bond acceptors (Lipinski definition) is 9. The Morgan fingerprint density at radius 1 is 1.08 bits per heavy atom. The summed E-state index contributed by atoms with van der Waals surface area (Å²) in [5.41, 5.74) is -1.59. The van der Waals surface area contributed by atoms with Crippen molar-refractivity contribution >= 4 is 6.29 Å². The molecule has 0 aromatic heterocycles. The second-order valence-corrected chi connectivity index (χ2v) is 11.0. The topological polar surface area (TPSA) is 110 Å². The molecule has 2 aliphatic rings. The molecule has 2 fully saturated rings. The van der Waals surface area contributed by atoms with Gasteiger partial charge in [-0.2, -0.15) is 0 Å². The van der Waals surface area contributed by atoms with Gasteiger partial charge in [-0.15, -0.1) is 0 Å². The number of benzene rings is 2. The van der Waals surface area contributed by atoms with E-state index in [9.17, 15) is 15.0 Å². The van der Waals surface area contributed by atoms with Crippen LogP contribution in [0.25, 0.3) is 0 Å². The first-order valence-corrected chi connectivity index (χ1v) is 13.6. The summed E-state index contributed by atoms with van der Waals surface area (Å²) >= 11 is 0. The Hall–Kier alpha value is -2.21. The molecule has 2 aromatic carbocycles. The highest BCUT2D eigenvalue weighted by atomic mass is 16.8. The van der Waals surface area contributed by atoms with Crippen LogP contribution in [0.2, 0.25) is 0 Å². The van der Waals surface area contributed by atoms with Crippen LogP contribution in [0.4, 0.5) is 0 Å². The molecule has 9 nitrogen and oxygen atoms in total. The summed E-state index contributed by atoms with van der Waals surface area (Å²) in [6.45, 7) is 8.57. The van der Waals surface area contributed by atoms with Crippen LogP contribution in [0.5, 0.6) is 0 Å². The number of nitrogens with zero attached hydrogens (tertiary/aromatic N) is 1. The van der Waals surface area contributed by atoms with Gasteiger partial charge < -0.3 is 34.5 Å². The van der Waals surface area contributed by atoms with E-state index in [1.54, 1.807) is 13.8 Å². The van der Waals surface area contributed by atoms with Gasteiger partial charge in [0.25, 0.3) is 0 Å². The highest BCUT2D eigenvalue weighted by molar-refractivity contribution is 5.64. The normalized spacial score (nSPS) is 26.5. The van der Waals surface area contributed by atoms with Gasteiger partial charge in [0.2, 0.25) is 0 Å². The highest BCUT2D eigenvalue weighted by Crippen LogP contribution is 2.43. The number of nitrogens with one attached hydrogen (secondary N) is 1. The highest BCUT2D eigenvalue weighted by Gasteiger charge is 2.61. The number of aliphatic hydroxyl groups is 2. The molecular formula is C30H42N2O7. The Balaban J connectivity index is 1.65. The van der Waals surface area contributed by atoms with Crippen LogP contribution in [0, 0.1) is 0 Å². The molecule has 0 spiro atoms. The van der Waals surface area contributed by atoms with E-state index in [1.807, 2.05) is 72.5 Å². The molecule has 2 aromatic rings. The van der Waals surface area contributed by atoms with Crippen molar-refractivity contribution < 1.29 is 34.0 Å². The summed E-state index contributed by atoms with van der Waals surface area (Å²) < 4.78 is 25.2. The van der Waals surface area contributed by atoms with Crippen molar-refractivity contribution in [2.24, 2.45) is 0 Å². The first kappa shape index (κ1) is 29.8. The fourth-order valence-electron chi connectivity index (χ4n) is 5.46. The maximum atomic E-state index is 12.4. The van der Waals surface area contributed by atoms with Gasteiger partial charge in [0, 0.05) is 32.7 Å². The molecule has 0 radical (unpaired) electrons. The molecule has 3 N–H and O–H groups in total. The van der Waals surface area contributed by atoms with Crippen LogP contribution in [-0.2, 0) is 37.0 Å². The molecule has 2 heterocycles. The van der Waals surface area contributed by atoms with Gasteiger partial charge in [-0.3, -0.25) is 9.69 Å². The number of piperazine rings is 1. The Morgan fingerprint density at radius 3 is 2.21 bits per heavy atom. The fourth-order valence-corrected chi connectivity index (χ4v) is 5.46. The Morgan fingerprint density at radius 2 is 1.67 bits per heavy atom. The van der Waals surface area contributed by atoms with E-state index < -0.39 is 35.3 Å². The van der Waals surface area contributed by atoms with Gasteiger partial charge in [-0.25, -0.2) is 0 Å². The average Bonchev–Trinajstić information content (AvgIpc) is 3.18. The Kier molecular flexibility index (Phi) is 9.90. The molecule has 214 valence electrons. The minimum absolute atomic E-state index is 0.00553. The van der Waals surface area contributed by atoms with E-state index in [4.69, 9.17) is 18.9 Å². The molecular weight excluding hydrogens is 500 g/mol. The molecule has 2 saturated heterocycles. The van der Waals surface area contributed by atoms with E-state index in [2.05, 4.69) is 5.32 Å². The molecule has 0 saturated carbocycles. The van der Waals surface area contributed by atoms with Gasteiger partial charge in [-0.05, 0) is 31.9 Å². The van der Waals surface area contributed by atoms with Crippen LogP contribution < -0.4 is 5.32 Å². The number of β-amino-alcohol motifs (C(OH)–C–C–N with tert-alkyl or cyclic N) is 1. The summed E-state index contributed by atoms with van der Waals surface area (Å²) in [5.74, 6) is -1.01. The molecule has 39 heavy (non-hydrogen) atoms. The standard InChI is InChI=1S/C30H42N2O7/c1-23-30(39-28(2,3)38-23,22-36-18-24-10-6-4-7-11-24)27(37-19-25-12-8-5-9-13-25)26(34)29(35,21-33)20-32-16-14-31-15-17-32/h4-13,21,23,26-27,31,34-35H,14-20,22H2,1-3H3/t23-,26+,27+,29+,30-/m1/s1. The summed E-state index contributed by atoms with van der Waals surface area (Å²) in [6.07, 6.45) is -2.96. The number of hydrogen-bond donors (Lipinski definition) is 3. The molecule has 5 atom stereocenters. The third kappa shape index (κ3) is 7.31. The molecule has 0 amide bonds. The molecule has 0 bridgehead atoms. The third-order valence-corrected chi connectivity index (χ3v) is 7.47. The lowest BCUT2D eigenvalue weighted by Crippen LogP contribution is -2.67. The minimum Gasteiger partial charge on any atom is -0.387 e. The maximum absolute atomic E-state index is 12.4. The van der Waals surface area contributed by atoms with Crippen molar-refractivity contribution in [1.29, 1.82) is 0 Å². The van der Waals surface area contributed by atoms with Crippen molar-refractivity contribution in [2.75, 3.05) is 39.3 Å². The number of aliphatic hydroxyl groups excluding tert-OH is 1. The van der Waals surface area contributed by atoms with E-state index in [0.717, 1.165) is 24.2 Å². The van der Waals surface area contributed by atoms with E-state index >= 15 is 0 Å². The first-order valence-electron chi connectivity index (χ1n) is 13.6. The zero-order valence-corrected chi connectivity index (χ0v) is 23.1. The summed E-state index contributed by atoms with van der Waals surface area (Å²) in [7, 11) is 0.